The van der Waals surface area contributed by atoms with Gasteiger partial charge in [0.05, 0.1) is 12.3 Å². The lowest BCUT2D eigenvalue weighted by Gasteiger charge is -2.37. The summed E-state index contributed by atoms with van der Waals surface area (Å²) in [7, 11) is 1.66. The topological polar surface area (TPSA) is 33.7 Å². The number of nitrogens with one attached hydrogen (secondary N) is 1. The molecule has 6 heteroatoms. The second kappa shape index (κ2) is 6.61. The highest BCUT2D eigenvalue weighted by Crippen LogP contribution is 2.36. The standard InChI is InChI=1S/C14H19FN2O2.ClH/c1-18-9-12-7-11-8-16-4-5-17(11)13-3-2-10(15)6-14(13)19-12;/h2-3,6,11-12,16H,4-5,7-9H2,1H3;1H/t11-,12+;/m1./s1. The molecule has 0 aromatic heterocycles. The van der Waals surface area contributed by atoms with E-state index in [1.165, 1.54) is 12.1 Å². The van der Waals surface area contributed by atoms with Gasteiger partial charge in [-0.05, 0) is 12.1 Å². The van der Waals surface area contributed by atoms with Crippen molar-refractivity contribution in [1.29, 1.82) is 0 Å². The molecule has 4 nitrogen and oxygen atoms in total. The van der Waals surface area contributed by atoms with E-state index in [1.54, 1.807) is 7.11 Å². The maximum atomic E-state index is 13.4. The van der Waals surface area contributed by atoms with Crippen LogP contribution in [-0.4, -0.2) is 45.5 Å². The van der Waals surface area contributed by atoms with Crippen molar-refractivity contribution in [3.63, 3.8) is 0 Å². The number of nitrogens with zero attached hydrogens (tertiary/aromatic N) is 1. The van der Waals surface area contributed by atoms with Crippen LogP contribution >= 0.6 is 12.4 Å². The molecule has 0 aliphatic carbocycles. The highest BCUT2D eigenvalue weighted by atomic mass is 35.5. The second-order valence-electron chi connectivity index (χ2n) is 5.09. The van der Waals surface area contributed by atoms with Crippen LogP contribution in [0.2, 0.25) is 0 Å². The highest BCUT2D eigenvalue weighted by molar-refractivity contribution is 5.85. The molecule has 3 rings (SSSR count). The van der Waals surface area contributed by atoms with E-state index < -0.39 is 0 Å². The van der Waals surface area contributed by atoms with Crippen molar-refractivity contribution in [2.75, 3.05) is 38.3 Å². The van der Waals surface area contributed by atoms with Crippen LogP contribution in [0.5, 0.6) is 5.75 Å². The Kier molecular flexibility index (Phi) is 5.07. The van der Waals surface area contributed by atoms with Gasteiger partial charge < -0.3 is 19.7 Å². The van der Waals surface area contributed by atoms with Gasteiger partial charge in [-0.3, -0.25) is 0 Å². The van der Waals surface area contributed by atoms with Crippen molar-refractivity contribution in [3.05, 3.63) is 24.0 Å². The van der Waals surface area contributed by atoms with Gasteiger partial charge in [0.15, 0.2) is 0 Å². The SMILES string of the molecule is COC[C@@H]1C[C@@H]2CNCCN2c2ccc(F)cc2O1.Cl. The molecule has 2 aliphatic rings. The molecule has 2 aliphatic heterocycles. The largest absolute Gasteiger partial charge is 0.486 e. The van der Waals surface area contributed by atoms with Gasteiger partial charge in [-0.15, -0.1) is 12.4 Å². The number of hydrogen-bond acceptors (Lipinski definition) is 4. The van der Waals surface area contributed by atoms with Crippen LogP contribution in [0.3, 0.4) is 0 Å². The van der Waals surface area contributed by atoms with E-state index in [4.69, 9.17) is 9.47 Å². The molecule has 112 valence electrons. The van der Waals surface area contributed by atoms with Crippen molar-refractivity contribution < 1.29 is 13.9 Å². The number of fused-ring (bicyclic) bond motifs is 3. The van der Waals surface area contributed by atoms with Crippen molar-refractivity contribution in [2.45, 2.75) is 18.6 Å². The minimum absolute atomic E-state index is 0. The van der Waals surface area contributed by atoms with Crippen LogP contribution in [0.25, 0.3) is 0 Å². The molecule has 0 amide bonds. The lowest BCUT2D eigenvalue weighted by molar-refractivity contribution is 0.0744. The molecule has 1 aromatic carbocycles. The van der Waals surface area contributed by atoms with Crippen LogP contribution in [0.4, 0.5) is 10.1 Å². The van der Waals surface area contributed by atoms with Gasteiger partial charge in [0.25, 0.3) is 0 Å². The molecule has 1 fully saturated rings. The summed E-state index contributed by atoms with van der Waals surface area (Å²) in [6.45, 7) is 3.33. The van der Waals surface area contributed by atoms with E-state index in [1.807, 2.05) is 6.07 Å². The molecule has 0 saturated carbocycles. The lowest BCUT2D eigenvalue weighted by Crippen LogP contribution is -2.52. The van der Waals surface area contributed by atoms with Crippen LogP contribution in [0.1, 0.15) is 6.42 Å². The number of ether oxygens (including phenoxy) is 2. The van der Waals surface area contributed by atoms with Crippen molar-refractivity contribution in [1.82, 2.24) is 5.32 Å². The number of anilines is 1. The van der Waals surface area contributed by atoms with Crippen LogP contribution in [0, 0.1) is 5.82 Å². The fourth-order valence-corrected chi connectivity index (χ4v) is 2.93. The van der Waals surface area contributed by atoms with Gasteiger partial charge in [0, 0.05) is 45.3 Å². The number of halogens is 2. The summed E-state index contributed by atoms with van der Waals surface area (Å²) in [6, 6.07) is 5.17. The quantitative estimate of drug-likeness (QED) is 0.904. The zero-order valence-electron chi connectivity index (χ0n) is 11.5. The molecular formula is C14H20ClFN2O2. The predicted octanol–water partition coefficient (Wildman–Crippen LogP) is 1.82. The fourth-order valence-electron chi connectivity index (χ4n) is 2.93. The van der Waals surface area contributed by atoms with E-state index >= 15 is 0 Å². The smallest absolute Gasteiger partial charge is 0.146 e. The summed E-state index contributed by atoms with van der Waals surface area (Å²) in [6.07, 6.45) is 0.859. The lowest BCUT2D eigenvalue weighted by atomic mass is 10.1. The maximum Gasteiger partial charge on any atom is 0.146 e. The average molecular weight is 303 g/mol. The van der Waals surface area contributed by atoms with Crippen LogP contribution in [-0.2, 0) is 4.74 Å². The molecule has 1 N–H and O–H groups in total. The Morgan fingerprint density at radius 2 is 2.35 bits per heavy atom. The zero-order chi connectivity index (χ0) is 13.2. The molecule has 2 heterocycles. The molecule has 0 spiro atoms. The third-order valence-corrected chi connectivity index (χ3v) is 3.76. The van der Waals surface area contributed by atoms with Gasteiger partial charge in [0.1, 0.15) is 17.7 Å². The van der Waals surface area contributed by atoms with E-state index in [2.05, 4.69) is 10.2 Å². The normalized spacial score (nSPS) is 24.8. The Balaban J connectivity index is 0.00000147. The van der Waals surface area contributed by atoms with Crippen molar-refractivity contribution >= 4 is 18.1 Å². The Morgan fingerprint density at radius 3 is 3.15 bits per heavy atom. The van der Waals surface area contributed by atoms with E-state index in [0.29, 0.717) is 18.4 Å². The average Bonchev–Trinajstić information content (AvgIpc) is 2.54. The van der Waals surface area contributed by atoms with Crippen LogP contribution < -0.4 is 15.0 Å². The molecule has 1 aromatic rings. The third-order valence-electron chi connectivity index (χ3n) is 3.76. The van der Waals surface area contributed by atoms with Crippen LogP contribution in [0.15, 0.2) is 18.2 Å². The number of benzene rings is 1. The van der Waals surface area contributed by atoms with Gasteiger partial charge in [0.2, 0.25) is 0 Å². The zero-order valence-corrected chi connectivity index (χ0v) is 12.3. The Labute approximate surface area is 124 Å². The van der Waals surface area contributed by atoms with E-state index in [0.717, 1.165) is 31.7 Å². The van der Waals surface area contributed by atoms with Gasteiger partial charge in [-0.1, -0.05) is 0 Å². The summed E-state index contributed by atoms with van der Waals surface area (Å²) >= 11 is 0. The van der Waals surface area contributed by atoms with Crippen molar-refractivity contribution in [3.8, 4) is 5.75 Å². The number of piperazine rings is 1. The fraction of sp³-hybridized carbons (Fsp3) is 0.571. The van der Waals surface area contributed by atoms with E-state index in [9.17, 15) is 4.39 Å². The monoisotopic (exact) mass is 302 g/mol. The first-order valence-electron chi connectivity index (χ1n) is 6.70. The Morgan fingerprint density at radius 1 is 1.50 bits per heavy atom. The number of rotatable bonds is 2. The highest BCUT2D eigenvalue weighted by Gasteiger charge is 2.32. The summed E-state index contributed by atoms with van der Waals surface area (Å²) in [5, 5.41) is 3.40. The molecular weight excluding hydrogens is 283 g/mol. The molecule has 0 bridgehead atoms. The van der Waals surface area contributed by atoms with Gasteiger partial charge in [-0.2, -0.15) is 0 Å². The van der Waals surface area contributed by atoms with Gasteiger partial charge in [-0.25, -0.2) is 4.39 Å². The summed E-state index contributed by atoms with van der Waals surface area (Å²) in [5.74, 6) is 0.370. The summed E-state index contributed by atoms with van der Waals surface area (Å²) in [4.78, 5) is 2.32. The predicted molar refractivity (Wildman–Crippen MR) is 78.6 cm³/mol. The first-order valence-corrected chi connectivity index (χ1v) is 6.70. The summed E-state index contributed by atoms with van der Waals surface area (Å²) in [5.41, 5.74) is 0.992. The molecule has 0 unspecified atom stereocenters. The molecule has 1 saturated heterocycles. The maximum absolute atomic E-state index is 13.4. The van der Waals surface area contributed by atoms with Gasteiger partial charge >= 0.3 is 0 Å². The minimum Gasteiger partial charge on any atom is -0.486 e. The first-order chi connectivity index (χ1) is 9.28. The Bertz CT molecular complexity index is 461. The minimum atomic E-state index is -0.261. The molecule has 0 radical (unpaired) electrons. The number of hydrogen-bond donors (Lipinski definition) is 1. The van der Waals surface area contributed by atoms with Crippen molar-refractivity contribution in [2.24, 2.45) is 0 Å². The number of methoxy groups -OCH3 is 1. The second-order valence-corrected chi connectivity index (χ2v) is 5.09. The summed E-state index contributed by atoms with van der Waals surface area (Å²) < 4.78 is 24.6. The third kappa shape index (κ3) is 3.00. The molecule has 2 atom stereocenters. The Hall–Kier alpha value is -1.04. The first kappa shape index (κ1) is 15.4. The van der Waals surface area contributed by atoms with E-state index in [-0.39, 0.29) is 24.3 Å². The molecule has 20 heavy (non-hydrogen) atoms.